The number of alkyl halides is 1. The first-order valence-electron chi connectivity index (χ1n) is 5.43. The molecule has 13 heavy (non-hydrogen) atoms. The van der Waals surface area contributed by atoms with Gasteiger partial charge in [0.15, 0.2) is 0 Å². The molecule has 4 rings (SSSR count). The van der Waals surface area contributed by atoms with Gasteiger partial charge in [0.2, 0.25) is 0 Å². The molecular formula is C11H17BrO. The van der Waals surface area contributed by atoms with Crippen LogP contribution < -0.4 is 0 Å². The zero-order valence-electron chi connectivity index (χ0n) is 7.93. The number of aliphatic hydroxyl groups excluding tert-OH is 1. The van der Waals surface area contributed by atoms with E-state index in [2.05, 4.69) is 15.9 Å². The van der Waals surface area contributed by atoms with Gasteiger partial charge in [-0.05, 0) is 55.8 Å². The fourth-order valence-electron chi connectivity index (χ4n) is 4.52. The monoisotopic (exact) mass is 244 g/mol. The topological polar surface area (TPSA) is 20.2 Å². The first-order valence-corrected chi connectivity index (χ1v) is 6.22. The third-order valence-electron chi connectivity index (χ3n) is 4.45. The summed E-state index contributed by atoms with van der Waals surface area (Å²) in [6.07, 6.45) is 8.00. The summed E-state index contributed by atoms with van der Waals surface area (Å²) in [7, 11) is 0. The van der Waals surface area contributed by atoms with Crippen molar-refractivity contribution in [2.45, 2.75) is 42.8 Å². The maximum Gasteiger partial charge on any atom is 0.0488 e. The molecule has 4 fully saturated rings. The van der Waals surface area contributed by atoms with Crippen molar-refractivity contribution in [1.82, 2.24) is 0 Å². The molecule has 0 aromatic carbocycles. The summed E-state index contributed by atoms with van der Waals surface area (Å²) in [6.45, 7) is 0.424. The highest BCUT2D eigenvalue weighted by atomic mass is 79.9. The summed E-state index contributed by atoms with van der Waals surface area (Å²) in [6, 6.07) is 0. The van der Waals surface area contributed by atoms with Crippen LogP contribution in [0.15, 0.2) is 0 Å². The second kappa shape index (κ2) is 2.52. The number of halogens is 1. The maximum absolute atomic E-state index is 9.53. The average Bonchev–Trinajstić information content (AvgIpc) is 1.99. The first-order chi connectivity index (χ1) is 6.13. The summed E-state index contributed by atoms with van der Waals surface area (Å²) in [5, 5.41) is 9.53. The van der Waals surface area contributed by atoms with Gasteiger partial charge in [-0.15, -0.1) is 0 Å². The predicted octanol–water partition coefficient (Wildman–Crippen LogP) is 2.71. The van der Waals surface area contributed by atoms with Crippen LogP contribution in [0.2, 0.25) is 0 Å². The summed E-state index contributed by atoms with van der Waals surface area (Å²) >= 11 is 3.92. The van der Waals surface area contributed by atoms with E-state index in [0.717, 1.165) is 11.8 Å². The van der Waals surface area contributed by atoms with Gasteiger partial charge in [0.1, 0.15) is 0 Å². The molecule has 74 valence electrons. The van der Waals surface area contributed by atoms with Gasteiger partial charge in [0.25, 0.3) is 0 Å². The third kappa shape index (κ3) is 1.21. The first kappa shape index (κ1) is 8.72. The van der Waals surface area contributed by atoms with Crippen LogP contribution in [0.3, 0.4) is 0 Å². The Labute approximate surface area is 88.0 Å². The van der Waals surface area contributed by atoms with Crippen molar-refractivity contribution < 1.29 is 5.11 Å². The molecular weight excluding hydrogens is 228 g/mol. The van der Waals surface area contributed by atoms with Gasteiger partial charge >= 0.3 is 0 Å². The Morgan fingerprint density at radius 2 is 1.77 bits per heavy atom. The minimum absolute atomic E-state index is 0.313. The third-order valence-corrected chi connectivity index (χ3v) is 5.37. The Morgan fingerprint density at radius 1 is 1.15 bits per heavy atom. The smallest absolute Gasteiger partial charge is 0.0488 e. The van der Waals surface area contributed by atoms with Gasteiger partial charge in [0.05, 0.1) is 0 Å². The lowest BCUT2D eigenvalue weighted by Crippen LogP contribution is -2.54. The van der Waals surface area contributed by atoms with E-state index in [1.807, 2.05) is 0 Å². The largest absolute Gasteiger partial charge is 0.396 e. The van der Waals surface area contributed by atoms with Gasteiger partial charge in [-0.1, -0.05) is 15.9 Å². The zero-order chi connectivity index (χ0) is 9.10. The van der Waals surface area contributed by atoms with Gasteiger partial charge in [-0.3, -0.25) is 0 Å². The van der Waals surface area contributed by atoms with Gasteiger partial charge in [0, 0.05) is 10.9 Å². The van der Waals surface area contributed by atoms with Crippen LogP contribution in [0, 0.1) is 17.3 Å². The van der Waals surface area contributed by atoms with E-state index < -0.39 is 0 Å². The van der Waals surface area contributed by atoms with E-state index in [-0.39, 0.29) is 0 Å². The van der Waals surface area contributed by atoms with E-state index in [1.165, 1.54) is 38.5 Å². The van der Waals surface area contributed by atoms with Crippen molar-refractivity contribution in [3.63, 3.8) is 0 Å². The number of rotatable bonds is 1. The molecule has 4 bridgehead atoms. The predicted molar refractivity (Wildman–Crippen MR) is 55.9 cm³/mol. The summed E-state index contributed by atoms with van der Waals surface area (Å²) in [5.74, 6) is 1.82. The quantitative estimate of drug-likeness (QED) is 0.704. The van der Waals surface area contributed by atoms with Crippen LogP contribution in [0.25, 0.3) is 0 Å². The lowest BCUT2D eigenvalue weighted by Gasteiger charge is -2.59. The van der Waals surface area contributed by atoms with Crippen molar-refractivity contribution in [3.05, 3.63) is 0 Å². The van der Waals surface area contributed by atoms with Crippen LogP contribution in [-0.4, -0.2) is 16.0 Å². The fraction of sp³-hybridized carbons (Fsp3) is 1.00. The molecule has 0 aliphatic heterocycles. The Balaban J connectivity index is 1.95. The lowest BCUT2D eigenvalue weighted by atomic mass is 9.50. The molecule has 4 aliphatic rings. The van der Waals surface area contributed by atoms with Crippen molar-refractivity contribution in [3.8, 4) is 0 Å². The second-order valence-electron chi connectivity index (χ2n) is 5.77. The molecule has 4 saturated carbocycles. The van der Waals surface area contributed by atoms with Crippen LogP contribution in [0.4, 0.5) is 0 Å². The number of hydrogen-bond donors (Lipinski definition) is 1. The van der Waals surface area contributed by atoms with Crippen LogP contribution >= 0.6 is 15.9 Å². The molecule has 1 N–H and O–H groups in total. The average molecular weight is 245 g/mol. The van der Waals surface area contributed by atoms with Gasteiger partial charge in [-0.25, -0.2) is 0 Å². The van der Waals surface area contributed by atoms with Gasteiger partial charge < -0.3 is 5.11 Å². The van der Waals surface area contributed by atoms with Crippen molar-refractivity contribution in [2.24, 2.45) is 17.3 Å². The molecule has 0 radical (unpaired) electrons. The summed E-state index contributed by atoms with van der Waals surface area (Å²) < 4.78 is 0.416. The number of hydrogen-bond acceptors (Lipinski definition) is 1. The molecule has 0 aromatic heterocycles. The molecule has 0 saturated heterocycles. The van der Waals surface area contributed by atoms with Crippen LogP contribution in [-0.2, 0) is 0 Å². The van der Waals surface area contributed by atoms with Crippen LogP contribution in [0.5, 0.6) is 0 Å². The molecule has 0 heterocycles. The molecule has 1 nitrogen and oxygen atoms in total. The number of aliphatic hydroxyl groups is 1. The highest BCUT2D eigenvalue weighted by molar-refractivity contribution is 9.10. The molecule has 2 unspecified atom stereocenters. The van der Waals surface area contributed by atoms with Crippen LogP contribution in [0.1, 0.15) is 38.5 Å². The molecule has 0 aromatic rings. The van der Waals surface area contributed by atoms with Crippen molar-refractivity contribution in [1.29, 1.82) is 0 Å². The molecule has 0 spiro atoms. The minimum Gasteiger partial charge on any atom is -0.396 e. The zero-order valence-corrected chi connectivity index (χ0v) is 9.52. The lowest BCUT2D eigenvalue weighted by molar-refractivity contribution is -0.0651. The fourth-order valence-corrected chi connectivity index (χ4v) is 6.03. The van der Waals surface area contributed by atoms with Crippen molar-refractivity contribution in [2.75, 3.05) is 6.61 Å². The Hall–Kier alpha value is 0.440. The highest BCUT2D eigenvalue weighted by Crippen LogP contribution is 2.64. The minimum atomic E-state index is 0.313. The molecule has 2 heteroatoms. The van der Waals surface area contributed by atoms with E-state index in [1.54, 1.807) is 0 Å². The van der Waals surface area contributed by atoms with Gasteiger partial charge in [-0.2, -0.15) is 0 Å². The summed E-state index contributed by atoms with van der Waals surface area (Å²) in [4.78, 5) is 0. The Morgan fingerprint density at radius 3 is 2.23 bits per heavy atom. The Kier molecular flexibility index (Phi) is 1.69. The Bertz CT molecular complexity index is 224. The van der Waals surface area contributed by atoms with E-state index in [4.69, 9.17) is 0 Å². The molecule has 4 atom stereocenters. The highest BCUT2D eigenvalue weighted by Gasteiger charge is 2.56. The van der Waals surface area contributed by atoms with E-state index in [9.17, 15) is 5.11 Å². The molecule has 4 aliphatic carbocycles. The standard InChI is InChI=1S/C11H17BrO/c12-11-4-8-1-9(5-11)3-10(2-8,6-11)7-13/h8-9,13H,1-7H2/t8-,9+,10?,11?. The van der Waals surface area contributed by atoms with E-state index in [0.29, 0.717) is 16.3 Å². The molecule has 0 amide bonds. The summed E-state index contributed by atoms with van der Waals surface area (Å²) in [5.41, 5.74) is 0.313. The second-order valence-corrected chi connectivity index (χ2v) is 7.45. The normalized spacial score (nSPS) is 58.6. The van der Waals surface area contributed by atoms with E-state index >= 15 is 0 Å². The van der Waals surface area contributed by atoms with Crippen molar-refractivity contribution >= 4 is 15.9 Å². The SMILES string of the molecule is OCC12C[C@@H]3C[C@@H](CC(Br)(C3)C1)C2. The maximum atomic E-state index is 9.53.